The minimum atomic E-state index is -5.08. The average molecular weight is 435 g/mol. The molecule has 0 amide bonds. The van der Waals surface area contributed by atoms with Crippen molar-refractivity contribution < 1.29 is 36.0 Å². The van der Waals surface area contributed by atoms with E-state index in [0.717, 1.165) is 6.07 Å². The molecule has 0 bridgehead atoms. The van der Waals surface area contributed by atoms with E-state index >= 15 is 0 Å². The number of nitrogens with zero attached hydrogens (tertiary/aromatic N) is 2. The third kappa shape index (κ3) is 4.81. The monoisotopic (exact) mass is 435 g/mol. The van der Waals surface area contributed by atoms with E-state index in [0.29, 0.717) is 17.9 Å². The van der Waals surface area contributed by atoms with Crippen LogP contribution in [0, 0.1) is 10.1 Å². The van der Waals surface area contributed by atoms with Crippen molar-refractivity contribution in [3.63, 3.8) is 0 Å². The quantitative estimate of drug-likeness (QED) is 0.426. The summed E-state index contributed by atoms with van der Waals surface area (Å²) in [6, 6.07) is 2.07. The van der Waals surface area contributed by atoms with Gasteiger partial charge in [-0.1, -0.05) is 6.07 Å². The Morgan fingerprint density at radius 3 is 2.37 bits per heavy atom. The van der Waals surface area contributed by atoms with E-state index < -0.39 is 46.5 Å². The molecule has 1 aliphatic rings. The minimum Gasteiger partial charge on any atom is -0.492 e. The normalized spacial score (nSPS) is 22.1. The zero-order valence-corrected chi connectivity index (χ0v) is 15.1. The van der Waals surface area contributed by atoms with Crippen LogP contribution in [-0.2, 0) is 6.18 Å². The second-order valence-corrected chi connectivity index (χ2v) is 6.75. The van der Waals surface area contributed by atoms with Crippen LogP contribution in [0.4, 0.5) is 32.0 Å². The molecule has 0 radical (unpaired) electrons. The molecule has 12 heteroatoms. The third-order valence-corrected chi connectivity index (χ3v) is 4.76. The molecule has 0 aliphatic carbocycles. The first-order valence-corrected chi connectivity index (χ1v) is 8.68. The van der Waals surface area contributed by atoms with Gasteiger partial charge in [0.15, 0.2) is 0 Å². The molecule has 0 spiro atoms. The van der Waals surface area contributed by atoms with Crippen LogP contribution in [0.25, 0.3) is 0 Å². The maximum absolute atomic E-state index is 13.5. The maximum Gasteiger partial charge on any atom is 0.423 e. The first-order chi connectivity index (χ1) is 14.0. The fraction of sp³-hybridized carbons (Fsp3) is 0.389. The van der Waals surface area contributed by atoms with Crippen LogP contribution in [0.1, 0.15) is 23.5 Å². The highest BCUT2D eigenvalue weighted by Gasteiger charge is 2.51. The van der Waals surface area contributed by atoms with Crippen molar-refractivity contribution in [3.8, 4) is 5.75 Å². The van der Waals surface area contributed by atoms with Gasteiger partial charge in [-0.2, -0.15) is 26.3 Å². The summed E-state index contributed by atoms with van der Waals surface area (Å²) in [6.45, 7) is -0.147. The Morgan fingerprint density at radius 1 is 1.13 bits per heavy atom. The van der Waals surface area contributed by atoms with Crippen molar-refractivity contribution in [2.45, 2.75) is 36.8 Å². The molecule has 30 heavy (non-hydrogen) atoms. The van der Waals surface area contributed by atoms with E-state index in [1.54, 1.807) is 0 Å². The van der Waals surface area contributed by atoms with E-state index in [1.165, 1.54) is 24.5 Å². The summed E-state index contributed by atoms with van der Waals surface area (Å²) in [7, 11) is 0. The van der Waals surface area contributed by atoms with Gasteiger partial charge in [-0.15, -0.1) is 0 Å². The molecule has 1 fully saturated rings. The first kappa shape index (κ1) is 21.8. The second kappa shape index (κ2) is 8.09. The number of ether oxygens (including phenoxy) is 1. The number of aromatic nitrogens is 1. The van der Waals surface area contributed by atoms with E-state index in [1.807, 2.05) is 0 Å². The Hall–Kier alpha value is -2.89. The molecule has 2 heterocycles. The number of nitro benzene ring substituents is 1. The molecular weight excluding hydrogens is 420 g/mol. The molecule has 1 N–H and O–H groups in total. The zero-order chi connectivity index (χ0) is 22.1. The van der Waals surface area contributed by atoms with Crippen molar-refractivity contribution in [2.24, 2.45) is 0 Å². The largest absolute Gasteiger partial charge is 0.492 e. The van der Waals surface area contributed by atoms with Gasteiger partial charge in [-0.25, -0.2) is 0 Å². The van der Waals surface area contributed by atoms with Gasteiger partial charge < -0.3 is 4.74 Å². The summed E-state index contributed by atoms with van der Waals surface area (Å²) in [6.07, 6.45) is -7.11. The Morgan fingerprint density at radius 2 is 1.80 bits per heavy atom. The van der Waals surface area contributed by atoms with Gasteiger partial charge >= 0.3 is 12.4 Å². The number of alkyl halides is 6. The van der Waals surface area contributed by atoms with Crippen molar-refractivity contribution in [1.29, 1.82) is 0 Å². The molecule has 162 valence electrons. The highest BCUT2D eigenvalue weighted by atomic mass is 19.4. The van der Waals surface area contributed by atoms with Crippen LogP contribution in [-0.4, -0.2) is 34.8 Å². The van der Waals surface area contributed by atoms with Crippen LogP contribution in [0.15, 0.2) is 42.7 Å². The van der Waals surface area contributed by atoms with Crippen molar-refractivity contribution in [3.05, 3.63) is 64.0 Å². The molecule has 1 aliphatic heterocycles. The van der Waals surface area contributed by atoms with Crippen LogP contribution >= 0.6 is 0 Å². The fourth-order valence-electron chi connectivity index (χ4n) is 3.45. The maximum atomic E-state index is 13.5. The number of benzene rings is 1. The number of hydrogen-bond acceptors (Lipinski definition) is 5. The SMILES string of the molecule is O=[N+]([O-])c1ccc(C2C[C@@H](COc3ccncc3)N[C@H]2C(F)(F)F)cc1C(F)(F)F. The third-order valence-electron chi connectivity index (χ3n) is 4.76. The Kier molecular flexibility index (Phi) is 5.88. The summed E-state index contributed by atoms with van der Waals surface area (Å²) < 4.78 is 85.7. The van der Waals surface area contributed by atoms with E-state index in [-0.39, 0.29) is 18.6 Å². The fourth-order valence-corrected chi connectivity index (χ4v) is 3.45. The standard InChI is InChI=1S/C18H15F6N3O3/c19-17(20,21)14-7-10(1-2-15(14)27(28)29)13-8-11(26-16(13)18(22,23)24)9-30-12-3-5-25-6-4-12/h1-7,11,13,16,26H,8-9H2/t11-,13?,16+/m0/s1. The number of nitro groups is 1. The lowest BCUT2D eigenvalue weighted by Crippen LogP contribution is -2.44. The lowest BCUT2D eigenvalue weighted by Gasteiger charge is -2.23. The Balaban J connectivity index is 1.87. The van der Waals surface area contributed by atoms with Gasteiger partial charge in [-0.3, -0.25) is 20.4 Å². The number of halogens is 6. The summed E-state index contributed by atoms with van der Waals surface area (Å²) in [5, 5.41) is 13.3. The molecule has 6 nitrogen and oxygen atoms in total. The molecule has 1 unspecified atom stereocenters. The highest BCUT2D eigenvalue weighted by Crippen LogP contribution is 2.43. The predicted molar refractivity (Wildman–Crippen MR) is 92.0 cm³/mol. The molecule has 2 aromatic rings. The lowest BCUT2D eigenvalue weighted by molar-refractivity contribution is -0.388. The molecule has 1 aromatic carbocycles. The van der Waals surface area contributed by atoms with Gasteiger partial charge in [0.05, 0.1) is 4.92 Å². The van der Waals surface area contributed by atoms with Crippen molar-refractivity contribution >= 4 is 5.69 Å². The summed E-state index contributed by atoms with van der Waals surface area (Å²) >= 11 is 0. The zero-order valence-electron chi connectivity index (χ0n) is 15.1. The van der Waals surface area contributed by atoms with Crippen molar-refractivity contribution in [1.82, 2.24) is 10.3 Å². The van der Waals surface area contributed by atoms with E-state index in [4.69, 9.17) is 4.74 Å². The molecule has 1 saturated heterocycles. The van der Waals surface area contributed by atoms with Crippen LogP contribution < -0.4 is 10.1 Å². The Labute approximate surface area is 166 Å². The van der Waals surface area contributed by atoms with Crippen LogP contribution in [0.2, 0.25) is 0 Å². The molecule has 3 rings (SSSR count). The van der Waals surface area contributed by atoms with E-state index in [2.05, 4.69) is 10.3 Å². The van der Waals surface area contributed by atoms with Crippen LogP contribution in [0.3, 0.4) is 0 Å². The van der Waals surface area contributed by atoms with Gasteiger partial charge in [-0.05, 0) is 30.2 Å². The smallest absolute Gasteiger partial charge is 0.423 e. The Bertz CT molecular complexity index is 904. The highest BCUT2D eigenvalue weighted by molar-refractivity contribution is 5.46. The van der Waals surface area contributed by atoms with Gasteiger partial charge in [0, 0.05) is 30.4 Å². The van der Waals surface area contributed by atoms with E-state index in [9.17, 15) is 36.5 Å². The molecule has 0 saturated carbocycles. The van der Waals surface area contributed by atoms with Gasteiger partial charge in [0.2, 0.25) is 0 Å². The topological polar surface area (TPSA) is 77.3 Å². The summed E-state index contributed by atoms with van der Waals surface area (Å²) in [5.41, 5.74) is -3.07. The molecule has 3 atom stereocenters. The van der Waals surface area contributed by atoms with Crippen LogP contribution in [0.5, 0.6) is 5.75 Å². The number of hydrogen-bond donors (Lipinski definition) is 1. The minimum absolute atomic E-state index is 0.147. The van der Waals surface area contributed by atoms with Crippen molar-refractivity contribution in [2.75, 3.05) is 6.61 Å². The second-order valence-electron chi connectivity index (χ2n) is 6.75. The number of pyridine rings is 1. The summed E-state index contributed by atoms with van der Waals surface area (Å²) in [4.78, 5) is 13.5. The van der Waals surface area contributed by atoms with Gasteiger partial charge in [0.25, 0.3) is 5.69 Å². The predicted octanol–water partition coefficient (Wildman–Crippen LogP) is 4.46. The number of nitrogens with one attached hydrogen (secondary N) is 1. The average Bonchev–Trinajstić information content (AvgIpc) is 3.11. The lowest BCUT2D eigenvalue weighted by atomic mass is 9.89. The first-order valence-electron chi connectivity index (χ1n) is 8.68. The van der Waals surface area contributed by atoms with Gasteiger partial charge in [0.1, 0.15) is 24.0 Å². The molecular formula is C18H15F6N3O3. The molecule has 1 aromatic heterocycles. The number of rotatable bonds is 5. The summed E-state index contributed by atoms with van der Waals surface area (Å²) in [5.74, 6) is -0.980.